The molecule has 5 heteroatoms. The first-order chi connectivity index (χ1) is 4.72. The average Bonchev–Trinajstić information content (AvgIpc) is 2.60. The van der Waals surface area contributed by atoms with Gasteiger partial charge < -0.3 is 0 Å². The number of nitrogens with zero attached hydrogens (tertiary/aromatic N) is 3. The Kier molecular flexibility index (Phi) is 1.27. The fraction of sp³-hybridized carbons (Fsp3) is 0.600. The van der Waals surface area contributed by atoms with E-state index in [0.717, 1.165) is 0 Å². The van der Waals surface area contributed by atoms with Gasteiger partial charge in [-0.05, 0) is 0 Å². The molecule has 1 saturated carbocycles. The first-order valence-electron chi connectivity index (χ1n) is 2.65. The number of nitro groups is 1. The molecule has 0 heterocycles. The van der Waals surface area contributed by atoms with Crippen LogP contribution < -0.4 is 0 Å². The van der Waals surface area contributed by atoms with Crippen molar-refractivity contribution in [3.63, 3.8) is 0 Å². The first kappa shape index (κ1) is 6.50. The van der Waals surface area contributed by atoms with Crippen LogP contribution in [0, 0.1) is 44.6 Å². The van der Waals surface area contributed by atoms with Crippen LogP contribution in [0.2, 0.25) is 0 Å². The Morgan fingerprint density at radius 3 is 1.80 bits per heavy atom. The van der Waals surface area contributed by atoms with Crippen molar-refractivity contribution in [1.82, 2.24) is 0 Å². The van der Waals surface area contributed by atoms with Crippen molar-refractivity contribution in [3.05, 3.63) is 10.1 Å². The third-order valence-electron chi connectivity index (χ3n) is 1.52. The Bertz CT molecular complexity index is 229. The van der Waals surface area contributed by atoms with Crippen molar-refractivity contribution < 1.29 is 4.92 Å². The molecule has 5 nitrogen and oxygen atoms in total. The van der Waals surface area contributed by atoms with Gasteiger partial charge in [0.15, 0.2) is 0 Å². The summed E-state index contributed by atoms with van der Waals surface area (Å²) in [5.74, 6) is -1.36. The third-order valence-corrected chi connectivity index (χ3v) is 1.52. The molecule has 1 aliphatic carbocycles. The second kappa shape index (κ2) is 1.96. The van der Waals surface area contributed by atoms with Crippen molar-refractivity contribution in [2.45, 2.75) is 6.04 Å². The molecule has 0 aromatic heterocycles. The van der Waals surface area contributed by atoms with Crippen LogP contribution in [0.3, 0.4) is 0 Å². The molecule has 0 radical (unpaired) electrons. The van der Waals surface area contributed by atoms with Gasteiger partial charge in [-0.3, -0.25) is 10.1 Å². The smallest absolute Gasteiger partial charge is 0.247 e. The van der Waals surface area contributed by atoms with E-state index in [0.29, 0.717) is 0 Å². The van der Waals surface area contributed by atoms with Gasteiger partial charge in [-0.1, -0.05) is 0 Å². The lowest BCUT2D eigenvalue weighted by Crippen LogP contribution is -2.03. The Hall–Kier alpha value is -1.62. The van der Waals surface area contributed by atoms with E-state index in [9.17, 15) is 10.1 Å². The van der Waals surface area contributed by atoms with Gasteiger partial charge in [0.1, 0.15) is 11.8 Å². The van der Waals surface area contributed by atoms with Crippen molar-refractivity contribution >= 4 is 0 Å². The molecule has 0 amide bonds. The highest BCUT2D eigenvalue weighted by Gasteiger charge is 2.62. The molecule has 1 aliphatic rings. The quantitative estimate of drug-likeness (QED) is 0.373. The minimum Gasteiger partial charge on any atom is -0.264 e. The molecule has 1 rings (SSSR count). The zero-order valence-electron chi connectivity index (χ0n) is 4.89. The van der Waals surface area contributed by atoms with E-state index in [2.05, 4.69) is 0 Å². The molecule has 0 aromatic carbocycles. The average molecular weight is 137 g/mol. The summed E-state index contributed by atoms with van der Waals surface area (Å²) in [5.41, 5.74) is 0. The molecule has 1 fully saturated rings. The monoisotopic (exact) mass is 137 g/mol. The summed E-state index contributed by atoms with van der Waals surface area (Å²) in [4.78, 5) is 9.44. The largest absolute Gasteiger partial charge is 0.264 e. The number of hydrogen-bond donors (Lipinski definition) is 0. The van der Waals surface area contributed by atoms with Crippen LogP contribution in [0.4, 0.5) is 0 Å². The molecule has 0 bridgehead atoms. The van der Waals surface area contributed by atoms with Gasteiger partial charge in [0.2, 0.25) is 6.04 Å². The second-order valence-corrected chi connectivity index (χ2v) is 2.09. The number of hydrogen-bond acceptors (Lipinski definition) is 4. The Balaban J connectivity index is 2.65. The maximum atomic E-state index is 10.0. The second-order valence-electron chi connectivity index (χ2n) is 2.09. The van der Waals surface area contributed by atoms with Gasteiger partial charge >= 0.3 is 0 Å². The van der Waals surface area contributed by atoms with E-state index >= 15 is 0 Å². The predicted molar refractivity (Wildman–Crippen MR) is 29.0 cm³/mol. The van der Waals surface area contributed by atoms with Gasteiger partial charge in [0, 0.05) is 4.92 Å². The summed E-state index contributed by atoms with van der Waals surface area (Å²) in [6, 6.07) is 2.48. The minimum absolute atomic E-state index is 0.568. The fourth-order valence-electron chi connectivity index (χ4n) is 0.871. The maximum Gasteiger partial charge on any atom is 0.247 e. The summed E-state index contributed by atoms with van der Waals surface area (Å²) in [7, 11) is 0. The van der Waals surface area contributed by atoms with Gasteiger partial charge in [0.25, 0.3) is 0 Å². The fourth-order valence-corrected chi connectivity index (χ4v) is 0.871. The highest BCUT2D eigenvalue weighted by molar-refractivity contribution is 5.18. The number of nitriles is 2. The van der Waals surface area contributed by atoms with Crippen molar-refractivity contribution in [3.8, 4) is 12.1 Å². The topological polar surface area (TPSA) is 90.7 Å². The Labute approximate surface area is 56.6 Å². The first-order valence-corrected chi connectivity index (χ1v) is 2.65. The summed E-state index contributed by atoms with van der Waals surface area (Å²) >= 11 is 0. The minimum atomic E-state index is -0.935. The Morgan fingerprint density at radius 1 is 1.30 bits per heavy atom. The van der Waals surface area contributed by atoms with Crippen LogP contribution >= 0.6 is 0 Å². The highest BCUT2D eigenvalue weighted by Crippen LogP contribution is 2.39. The van der Waals surface area contributed by atoms with Crippen molar-refractivity contribution in [2.24, 2.45) is 11.8 Å². The molecular weight excluding hydrogens is 134 g/mol. The van der Waals surface area contributed by atoms with Crippen LogP contribution in [0.1, 0.15) is 0 Å². The molecule has 0 aliphatic heterocycles. The zero-order valence-corrected chi connectivity index (χ0v) is 4.89. The summed E-state index contributed by atoms with van der Waals surface area (Å²) in [5, 5.41) is 26.4. The lowest BCUT2D eigenvalue weighted by atomic mass is 10.4. The van der Waals surface area contributed by atoms with Crippen LogP contribution in [0.15, 0.2) is 0 Å². The lowest BCUT2D eigenvalue weighted by Gasteiger charge is -1.80. The van der Waals surface area contributed by atoms with E-state index in [1.807, 2.05) is 0 Å². The third kappa shape index (κ3) is 0.688. The van der Waals surface area contributed by atoms with E-state index in [-0.39, 0.29) is 0 Å². The molecule has 0 aromatic rings. The van der Waals surface area contributed by atoms with Crippen LogP contribution in [0.25, 0.3) is 0 Å². The Morgan fingerprint density at radius 2 is 1.70 bits per heavy atom. The molecule has 50 valence electrons. The van der Waals surface area contributed by atoms with Gasteiger partial charge in [-0.25, -0.2) is 0 Å². The molecular formula is C5H3N3O2. The van der Waals surface area contributed by atoms with E-state index in [1.165, 1.54) is 0 Å². The molecule has 0 N–H and O–H groups in total. The van der Waals surface area contributed by atoms with Crippen molar-refractivity contribution in [1.29, 1.82) is 10.5 Å². The normalized spacial score (nSPS) is 35.6. The highest BCUT2D eigenvalue weighted by atomic mass is 16.6. The number of rotatable bonds is 1. The SMILES string of the molecule is N#C[C@@H]1C([N+](=O)[O-])[C@H]1C#N. The van der Waals surface area contributed by atoms with Gasteiger partial charge in [-0.15, -0.1) is 0 Å². The van der Waals surface area contributed by atoms with E-state index < -0.39 is 22.8 Å². The van der Waals surface area contributed by atoms with Gasteiger partial charge in [0.05, 0.1) is 12.1 Å². The van der Waals surface area contributed by atoms with Crippen molar-refractivity contribution in [2.75, 3.05) is 0 Å². The molecule has 0 saturated heterocycles. The van der Waals surface area contributed by atoms with Crippen LogP contribution in [-0.4, -0.2) is 11.0 Å². The molecule has 10 heavy (non-hydrogen) atoms. The molecule has 2 atom stereocenters. The molecule has 0 unspecified atom stereocenters. The van der Waals surface area contributed by atoms with E-state index in [4.69, 9.17) is 10.5 Å². The molecule has 0 spiro atoms. The van der Waals surface area contributed by atoms with Crippen LogP contribution in [-0.2, 0) is 0 Å². The van der Waals surface area contributed by atoms with Crippen LogP contribution in [0.5, 0.6) is 0 Å². The van der Waals surface area contributed by atoms with Gasteiger partial charge in [-0.2, -0.15) is 10.5 Å². The predicted octanol–water partition coefficient (Wildman–Crippen LogP) is -0.0751. The lowest BCUT2D eigenvalue weighted by molar-refractivity contribution is -0.499. The summed E-state index contributed by atoms with van der Waals surface area (Å²) in [6.07, 6.45) is 0. The summed E-state index contributed by atoms with van der Waals surface area (Å²) in [6.45, 7) is 0. The standard InChI is InChI=1S/C5H3N3O2/c6-1-3-4(2-7)5(3)8(9)10/h3-5H/t3-,4-/m0/s1. The summed E-state index contributed by atoms with van der Waals surface area (Å²) < 4.78 is 0. The maximum absolute atomic E-state index is 10.0. The van der Waals surface area contributed by atoms with E-state index in [1.54, 1.807) is 12.1 Å². The zero-order chi connectivity index (χ0) is 7.72.